The van der Waals surface area contributed by atoms with Gasteiger partial charge in [-0.1, -0.05) is 6.92 Å². The van der Waals surface area contributed by atoms with E-state index in [1.165, 1.54) is 0 Å². The Balaban J connectivity index is 2.58. The largest absolute Gasteiger partial charge is 0.378 e. The van der Waals surface area contributed by atoms with Crippen LogP contribution in [0.1, 0.15) is 33.6 Å². The predicted molar refractivity (Wildman–Crippen MR) is 73.1 cm³/mol. The molecule has 1 N–H and O–H groups in total. The van der Waals surface area contributed by atoms with Crippen molar-refractivity contribution in [1.29, 1.82) is 0 Å². The SMILES string of the molecule is CCCN(C1CCNC1)S(=O)(=O)CCOC(C)C. The molecule has 0 aliphatic carbocycles. The highest BCUT2D eigenvalue weighted by Gasteiger charge is 2.30. The Labute approximate surface area is 111 Å². The number of ether oxygens (including phenoxy) is 1. The minimum Gasteiger partial charge on any atom is -0.378 e. The van der Waals surface area contributed by atoms with E-state index in [1.54, 1.807) is 4.31 Å². The second-order valence-corrected chi connectivity index (χ2v) is 7.03. The van der Waals surface area contributed by atoms with Crippen LogP contribution in [0.5, 0.6) is 0 Å². The molecule has 5 nitrogen and oxygen atoms in total. The van der Waals surface area contributed by atoms with Crippen LogP contribution in [0.25, 0.3) is 0 Å². The van der Waals surface area contributed by atoms with Gasteiger partial charge in [-0.3, -0.25) is 0 Å². The lowest BCUT2D eigenvalue weighted by molar-refractivity contribution is 0.0905. The summed E-state index contributed by atoms with van der Waals surface area (Å²) in [5.41, 5.74) is 0. The summed E-state index contributed by atoms with van der Waals surface area (Å²) in [6.45, 7) is 8.40. The van der Waals surface area contributed by atoms with Crippen molar-refractivity contribution in [2.75, 3.05) is 32.0 Å². The molecular weight excluding hydrogens is 252 g/mol. The maximum Gasteiger partial charge on any atom is 0.216 e. The monoisotopic (exact) mass is 278 g/mol. The van der Waals surface area contributed by atoms with E-state index in [2.05, 4.69) is 5.32 Å². The average molecular weight is 278 g/mol. The van der Waals surface area contributed by atoms with E-state index in [9.17, 15) is 8.42 Å². The van der Waals surface area contributed by atoms with Crippen LogP contribution in [0.15, 0.2) is 0 Å². The van der Waals surface area contributed by atoms with Crippen molar-refractivity contribution in [1.82, 2.24) is 9.62 Å². The van der Waals surface area contributed by atoms with E-state index in [0.29, 0.717) is 6.54 Å². The third-order valence-electron chi connectivity index (χ3n) is 3.04. The van der Waals surface area contributed by atoms with Crippen LogP contribution in [0.3, 0.4) is 0 Å². The van der Waals surface area contributed by atoms with Crippen molar-refractivity contribution in [3.8, 4) is 0 Å². The summed E-state index contributed by atoms with van der Waals surface area (Å²) in [6.07, 6.45) is 1.83. The smallest absolute Gasteiger partial charge is 0.216 e. The molecule has 1 atom stereocenters. The van der Waals surface area contributed by atoms with Crippen molar-refractivity contribution >= 4 is 10.0 Å². The van der Waals surface area contributed by atoms with Crippen molar-refractivity contribution in [2.45, 2.75) is 45.8 Å². The summed E-state index contributed by atoms with van der Waals surface area (Å²) in [7, 11) is -3.20. The molecule has 1 aliphatic rings. The Bertz CT molecular complexity index is 324. The van der Waals surface area contributed by atoms with Crippen LogP contribution < -0.4 is 5.32 Å². The Morgan fingerprint density at radius 1 is 1.44 bits per heavy atom. The zero-order chi connectivity index (χ0) is 13.6. The van der Waals surface area contributed by atoms with Gasteiger partial charge in [0.25, 0.3) is 0 Å². The fourth-order valence-corrected chi connectivity index (χ4v) is 3.80. The Morgan fingerprint density at radius 3 is 2.67 bits per heavy atom. The first-order valence-corrected chi connectivity index (χ1v) is 8.40. The molecular formula is C12H26N2O3S. The average Bonchev–Trinajstić information content (AvgIpc) is 2.77. The van der Waals surface area contributed by atoms with E-state index in [4.69, 9.17) is 4.74 Å². The Morgan fingerprint density at radius 2 is 2.17 bits per heavy atom. The number of sulfonamides is 1. The van der Waals surface area contributed by atoms with Crippen molar-refractivity contribution in [3.05, 3.63) is 0 Å². The topological polar surface area (TPSA) is 58.6 Å². The Kier molecular flexibility index (Phi) is 6.55. The van der Waals surface area contributed by atoms with Gasteiger partial charge < -0.3 is 10.1 Å². The third kappa shape index (κ3) is 4.84. The van der Waals surface area contributed by atoms with Crippen LogP contribution in [0, 0.1) is 0 Å². The number of rotatable bonds is 8. The summed E-state index contributed by atoms with van der Waals surface area (Å²) in [5, 5.41) is 3.22. The number of hydrogen-bond donors (Lipinski definition) is 1. The van der Waals surface area contributed by atoms with Crippen molar-refractivity contribution in [2.24, 2.45) is 0 Å². The van der Waals surface area contributed by atoms with Gasteiger partial charge in [0.15, 0.2) is 0 Å². The van der Waals surface area contributed by atoms with Gasteiger partial charge in [-0.05, 0) is 33.2 Å². The molecule has 108 valence electrons. The lowest BCUT2D eigenvalue weighted by atomic mass is 10.2. The maximum atomic E-state index is 12.3. The standard InChI is InChI=1S/C12H26N2O3S/c1-4-7-14(12-5-6-13-10-12)18(15,16)9-8-17-11(2)3/h11-13H,4-10H2,1-3H3. The Hall–Kier alpha value is -0.170. The second-order valence-electron chi connectivity index (χ2n) is 4.99. The van der Waals surface area contributed by atoms with E-state index in [0.717, 1.165) is 25.9 Å². The van der Waals surface area contributed by atoms with Crippen LogP contribution >= 0.6 is 0 Å². The molecule has 1 unspecified atom stereocenters. The summed E-state index contributed by atoms with van der Waals surface area (Å²) in [6, 6.07) is 0.119. The van der Waals surface area contributed by atoms with Gasteiger partial charge in [-0.2, -0.15) is 4.31 Å². The molecule has 6 heteroatoms. The van der Waals surface area contributed by atoms with Gasteiger partial charge >= 0.3 is 0 Å². The van der Waals surface area contributed by atoms with Crippen LogP contribution in [0.4, 0.5) is 0 Å². The normalized spacial score (nSPS) is 21.1. The summed E-state index contributed by atoms with van der Waals surface area (Å²) in [4.78, 5) is 0. The molecule has 0 aromatic heterocycles. The van der Waals surface area contributed by atoms with Crippen molar-refractivity contribution in [3.63, 3.8) is 0 Å². The predicted octanol–water partition coefficient (Wildman–Crippen LogP) is 0.815. The summed E-state index contributed by atoms with van der Waals surface area (Å²) in [5.74, 6) is 0.0850. The quantitative estimate of drug-likeness (QED) is 0.714. The zero-order valence-electron chi connectivity index (χ0n) is 11.7. The second kappa shape index (κ2) is 7.43. The van der Waals surface area contributed by atoms with Gasteiger partial charge in [0, 0.05) is 19.1 Å². The van der Waals surface area contributed by atoms with Gasteiger partial charge in [0.05, 0.1) is 18.5 Å². The molecule has 0 aromatic rings. The summed E-state index contributed by atoms with van der Waals surface area (Å²) >= 11 is 0. The van der Waals surface area contributed by atoms with E-state index >= 15 is 0 Å². The molecule has 1 saturated heterocycles. The van der Waals surface area contributed by atoms with Gasteiger partial charge in [-0.15, -0.1) is 0 Å². The molecule has 0 spiro atoms. The highest BCUT2D eigenvalue weighted by molar-refractivity contribution is 7.89. The van der Waals surface area contributed by atoms with E-state index in [-0.39, 0.29) is 24.5 Å². The van der Waals surface area contributed by atoms with Crippen LogP contribution in [0.2, 0.25) is 0 Å². The number of nitrogens with zero attached hydrogens (tertiary/aromatic N) is 1. The molecule has 0 radical (unpaired) electrons. The maximum absolute atomic E-state index is 12.3. The highest BCUT2D eigenvalue weighted by atomic mass is 32.2. The molecule has 0 amide bonds. The summed E-state index contributed by atoms with van der Waals surface area (Å²) < 4.78 is 31.6. The van der Waals surface area contributed by atoms with Gasteiger partial charge in [0.1, 0.15) is 0 Å². The molecule has 1 fully saturated rings. The fourth-order valence-electron chi connectivity index (χ4n) is 2.16. The zero-order valence-corrected chi connectivity index (χ0v) is 12.5. The van der Waals surface area contributed by atoms with E-state index in [1.807, 2.05) is 20.8 Å². The number of nitrogens with one attached hydrogen (secondary N) is 1. The first-order chi connectivity index (χ1) is 8.47. The lowest BCUT2D eigenvalue weighted by Gasteiger charge is -2.27. The molecule has 0 aromatic carbocycles. The molecule has 18 heavy (non-hydrogen) atoms. The lowest BCUT2D eigenvalue weighted by Crippen LogP contribution is -2.43. The van der Waals surface area contributed by atoms with Crippen molar-refractivity contribution < 1.29 is 13.2 Å². The number of hydrogen-bond acceptors (Lipinski definition) is 4. The third-order valence-corrected chi connectivity index (χ3v) is 4.91. The molecule has 0 bridgehead atoms. The van der Waals surface area contributed by atoms with E-state index < -0.39 is 10.0 Å². The minimum atomic E-state index is -3.20. The van der Waals surface area contributed by atoms with Crippen LogP contribution in [-0.2, 0) is 14.8 Å². The van der Waals surface area contributed by atoms with Crippen LogP contribution in [-0.4, -0.2) is 56.9 Å². The fraction of sp³-hybridized carbons (Fsp3) is 1.00. The first-order valence-electron chi connectivity index (χ1n) is 6.79. The highest BCUT2D eigenvalue weighted by Crippen LogP contribution is 2.14. The molecule has 1 rings (SSSR count). The molecule has 1 heterocycles. The molecule has 1 aliphatic heterocycles. The van der Waals surface area contributed by atoms with Gasteiger partial charge in [0.2, 0.25) is 10.0 Å². The molecule has 0 saturated carbocycles. The minimum absolute atomic E-state index is 0.0768. The van der Waals surface area contributed by atoms with Gasteiger partial charge in [-0.25, -0.2) is 8.42 Å². The first kappa shape index (κ1) is 15.9.